The fourth-order valence-corrected chi connectivity index (χ4v) is 3.09. The number of hydrogen-bond acceptors (Lipinski definition) is 3. The number of para-hydroxylation sites is 2. The zero-order valence-corrected chi connectivity index (χ0v) is 13.5. The molecule has 6 nitrogen and oxygen atoms in total. The highest BCUT2D eigenvalue weighted by Gasteiger charge is 2.19. The van der Waals surface area contributed by atoms with Crippen LogP contribution in [0.2, 0.25) is 0 Å². The summed E-state index contributed by atoms with van der Waals surface area (Å²) in [6.07, 6.45) is 3.74. The average molecular weight is 317 g/mol. The number of amides is 1. The molecular weight excluding hydrogens is 294 g/mol. The van der Waals surface area contributed by atoms with Crippen LogP contribution in [0.3, 0.4) is 0 Å². The van der Waals surface area contributed by atoms with Gasteiger partial charge in [0.1, 0.15) is 0 Å². The predicted octanol–water partition coefficient (Wildman–Crippen LogP) is 1.75. The summed E-state index contributed by atoms with van der Waals surface area (Å²) in [4.78, 5) is 28.8. The lowest BCUT2D eigenvalue weighted by Gasteiger charge is -2.27. The second kappa shape index (κ2) is 7.00. The second-order valence-corrected chi connectivity index (χ2v) is 6.11. The van der Waals surface area contributed by atoms with Gasteiger partial charge in [0.2, 0.25) is 5.91 Å². The molecule has 23 heavy (non-hydrogen) atoms. The van der Waals surface area contributed by atoms with Crippen molar-refractivity contribution in [3.05, 3.63) is 34.7 Å². The molecule has 0 spiro atoms. The average Bonchev–Trinajstić information content (AvgIpc) is 2.88. The molecule has 0 radical (unpaired) electrons. The minimum atomic E-state index is -0.169. The fraction of sp³-hybridized carbons (Fsp3) is 0.529. The number of nitrogens with zero attached hydrogens (tertiary/aromatic N) is 2. The van der Waals surface area contributed by atoms with E-state index in [1.165, 1.54) is 0 Å². The monoisotopic (exact) mass is 317 g/mol. The molecule has 1 atom stereocenters. The number of aromatic amines is 1. The van der Waals surface area contributed by atoms with Gasteiger partial charge in [0.25, 0.3) is 0 Å². The molecule has 3 rings (SSSR count). The van der Waals surface area contributed by atoms with Crippen LogP contribution in [-0.4, -0.2) is 46.7 Å². The van der Waals surface area contributed by atoms with Crippen molar-refractivity contribution in [1.29, 1.82) is 0 Å². The molecule has 124 valence electrons. The van der Waals surface area contributed by atoms with Crippen LogP contribution in [0.4, 0.5) is 0 Å². The molecule has 0 saturated carbocycles. The third-order valence-electron chi connectivity index (χ3n) is 4.41. The summed E-state index contributed by atoms with van der Waals surface area (Å²) >= 11 is 0. The largest absolute Gasteiger partial charge is 0.376 e. The first-order valence-electron chi connectivity index (χ1n) is 8.18. The topological polar surface area (TPSA) is 67.3 Å². The Kier molecular flexibility index (Phi) is 4.81. The molecule has 1 aliphatic heterocycles. The van der Waals surface area contributed by atoms with E-state index in [2.05, 4.69) is 4.98 Å². The Bertz CT molecular complexity index is 728. The normalized spacial score (nSPS) is 18.2. The van der Waals surface area contributed by atoms with Crippen LogP contribution in [0.5, 0.6) is 0 Å². The number of carbonyl (C=O) groups is 1. The van der Waals surface area contributed by atoms with E-state index in [0.29, 0.717) is 19.5 Å². The summed E-state index contributed by atoms with van der Waals surface area (Å²) in [5.41, 5.74) is 1.47. The number of likely N-dealkylation sites (N-methyl/N-ethyl adjacent to an activating group) is 1. The van der Waals surface area contributed by atoms with Crippen molar-refractivity contribution in [2.75, 3.05) is 20.2 Å². The number of rotatable bonds is 5. The van der Waals surface area contributed by atoms with Gasteiger partial charge < -0.3 is 14.6 Å². The van der Waals surface area contributed by atoms with Gasteiger partial charge in [-0.3, -0.25) is 9.36 Å². The molecule has 2 heterocycles. The van der Waals surface area contributed by atoms with Gasteiger partial charge in [-0.1, -0.05) is 12.1 Å². The van der Waals surface area contributed by atoms with Crippen molar-refractivity contribution in [3.8, 4) is 0 Å². The predicted molar refractivity (Wildman–Crippen MR) is 88.4 cm³/mol. The molecule has 1 saturated heterocycles. The van der Waals surface area contributed by atoms with E-state index in [-0.39, 0.29) is 17.7 Å². The Morgan fingerprint density at radius 1 is 1.39 bits per heavy atom. The quantitative estimate of drug-likeness (QED) is 0.913. The highest BCUT2D eigenvalue weighted by atomic mass is 16.5. The van der Waals surface area contributed by atoms with Crippen LogP contribution in [-0.2, 0) is 16.1 Å². The summed E-state index contributed by atoms with van der Waals surface area (Å²) in [5, 5.41) is 0. The first-order chi connectivity index (χ1) is 11.1. The molecular formula is C17H23N3O3. The van der Waals surface area contributed by atoms with Crippen LogP contribution in [0.15, 0.2) is 29.1 Å². The van der Waals surface area contributed by atoms with Crippen molar-refractivity contribution in [2.45, 2.75) is 38.3 Å². The van der Waals surface area contributed by atoms with Crippen molar-refractivity contribution in [3.63, 3.8) is 0 Å². The Balaban J connectivity index is 1.59. The Morgan fingerprint density at radius 3 is 3.00 bits per heavy atom. The second-order valence-electron chi connectivity index (χ2n) is 6.11. The van der Waals surface area contributed by atoms with Crippen LogP contribution in [0.1, 0.15) is 25.7 Å². The number of H-pyrrole nitrogens is 1. The Labute approximate surface area is 135 Å². The smallest absolute Gasteiger partial charge is 0.326 e. The van der Waals surface area contributed by atoms with E-state index in [9.17, 15) is 9.59 Å². The zero-order valence-electron chi connectivity index (χ0n) is 13.5. The van der Waals surface area contributed by atoms with Gasteiger partial charge in [0, 0.05) is 33.2 Å². The Morgan fingerprint density at radius 2 is 2.22 bits per heavy atom. The highest BCUT2D eigenvalue weighted by molar-refractivity contribution is 5.77. The Hall–Kier alpha value is -2.08. The number of carbonyl (C=O) groups excluding carboxylic acids is 1. The standard InChI is InChI=1S/C17H23N3O3/c1-19(12-13-6-4-5-11-23-13)16(21)9-10-20-15-8-3-2-7-14(15)18-17(20)22/h2-3,7-8,13H,4-6,9-12H2,1H3,(H,18,22). The number of ether oxygens (including phenoxy) is 1. The van der Waals surface area contributed by atoms with E-state index in [1.54, 1.807) is 16.5 Å². The summed E-state index contributed by atoms with van der Waals surface area (Å²) in [7, 11) is 1.80. The van der Waals surface area contributed by atoms with Gasteiger partial charge in [0.05, 0.1) is 17.1 Å². The van der Waals surface area contributed by atoms with Crippen LogP contribution in [0.25, 0.3) is 11.0 Å². The van der Waals surface area contributed by atoms with Crippen molar-refractivity contribution < 1.29 is 9.53 Å². The first kappa shape index (κ1) is 15.8. The number of hydrogen-bond donors (Lipinski definition) is 1. The lowest BCUT2D eigenvalue weighted by Crippen LogP contribution is -2.37. The summed E-state index contributed by atoms with van der Waals surface area (Å²) in [6.45, 7) is 1.80. The summed E-state index contributed by atoms with van der Waals surface area (Å²) in [6, 6.07) is 7.52. The SMILES string of the molecule is CN(CC1CCCCO1)C(=O)CCn1c(=O)[nH]c2ccccc21. The maximum absolute atomic E-state index is 12.3. The minimum absolute atomic E-state index is 0.0383. The van der Waals surface area contributed by atoms with E-state index in [1.807, 2.05) is 24.3 Å². The fourth-order valence-electron chi connectivity index (χ4n) is 3.09. The summed E-state index contributed by atoms with van der Waals surface area (Å²) < 4.78 is 7.30. The van der Waals surface area contributed by atoms with E-state index < -0.39 is 0 Å². The van der Waals surface area contributed by atoms with Crippen LogP contribution < -0.4 is 5.69 Å². The van der Waals surface area contributed by atoms with Gasteiger partial charge >= 0.3 is 5.69 Å². The molecule has 1 aromatic heterocycles. The van der Waals surface area contributed by atoms with Gasteiger partial charge in [-0.25, -0.2) is 4.79 Å². The minimum Gasteiger partial charge on any atom is -0.376 e. The lowest BCUT2D eigenvalue weighted by molar-refractivity contribution is -0.132. The van der Waals surface area contributed by atoms with Gasteiger partial charge in [0.15, 0.2) is 0 Å². The van der Waals surface area contributed by atoms with Gasteiger partial charge in [-0.05, 0) is 31.4 Å². The molecule has 6 heteroatoms. The van der Waals surface area contributed by atoms with Crippen molar-refractivity contribution >= 4 is 16.9 Å². The molecule has 1 aliphatic rings. The molecule has 1 unspecified atom stereocenters. The summed E-state index contributed by atoms with van der Waals surface area (Å²) in [5.74, 6) is 0.0383. The zero-order chi connectivity index (χ0) is 16.2. The van der Waals surface area contributed by atoms with E-state index in [0.717, 1.165) is 36.9 Å². The van der Waals surface area contributed by atoms with Gasteiger partial charge in [-0.15, -0.1) is 0 Å². The van der Waals surface area contributed by atoms with E-state index >= 15 is 0 Å². The maximum Gasteiger partial charge on any atom is 0.326 e. The number of benzene rings is 1. The molecule has 0 bridgehead atoms. The lowest BCUT2D eigenvalue weighted by atomic mass is 10.1. The molecule has 1 amide bonds. The van der Waals surface area contributed by atoms with Crippen LogP contribution >= 0.6 is 0 Å². The molecule has 1 fully saturated rings. The van der Waals surface area contributed by atoms with Crippen LogP contribution in [0, 0.1) is 0 Å². The molecule has 1 N–H and O–H groups in total. The number of imidazole rings is 1. The number of fused-ring (bicyclic) bond motifs is 1. The van der Waals surface area contributed by atoms with Crippen molar-refractivity contribution in [1.82, 2.24) is 14.5 Å². The van der Waals surface area contributed by atoms with Crippen molar-refractivity contribution in [2.24, 2.45) is 0 Å². The first-order valence-corrected chi connectivity index (χ1v) is 8.18. The number of nitrogens with one attached hydrogen (secondary N) is 1. The maximum atomic E-state index is 12.3. The van der Waals surface area contributed by atoms with E-state index in [4.69, 9.17) is 4.74 Å². The molecule has 2 aromatic rings. The highest BCUT2D eigenvalue weighted by Crippen LogP contribution is 2.14. The van der Waals surface area contributed by atoms with Gasteiger partial charge in [-0.2, -0.15) is 0 Å². The number of aryl methyl sites for hydroxylation is 1. The molecule has 1 aromatic carbocycles. The third-order valence-corrected chi connectivity index (χ3v) is 4.41. The molecule has 0 aliphatic carbocycles. The third kappa shape index (κ3) is 3.64. The number of aromatic nitrogens is 2.